The van der Waals surface area contributed by atoms with Gasteiger partial charge in [0.2, 0.25) is 11.9 Å². The second kappa shape index (κ2) is 3.66. The molecular formula is C7H10N4O. The Bertz CT molecular complexity index is 291. The third-order valence-electron chi connectivity index (χ3n) is 1.18. The van der Waals surface area contributed by atoms with Crippen LogP contribution in [0.2, 0.25) is 0 Å². The molecule has 0 radical (unpaired) electrons. The van der Waals surface area contributed by atoms with Gasteiger partial charge in [0.25, 0.3) is 0 Å². The molecule has 1 heterocycles. The molecule has 0 aromatic carbocycles. The van der Waals surface area contributed by atoms with Crippen molar-refractivity contribution in [1.29, 1.82) is 0 Å². The number of nitrogens with zero attached hydrogens (tertiary/aromatic N) is 2. The lowest BCUT2D eigenvalue weighted by atomic mass is 10.4. The van der Waals surface area contributed by atoms with Crippen LogP contribution < -0.4 is 5.32 Å². The van der Waals surface area contributed by atoms with Crippen LogP contribution in [-0.4, -0.2) is 21.1 Å². The summed E-state index contributed by atoms with van der Waals surface area (Å²) in [4.78, 5) is 14.8. The predicted octanol–water partition coefficient (Wildman–Crippen LogP) is 0.628. The minimum Gasteiger partial charge on any atom is -0.293 e. The number of anilines is 1. The minimum absolute atomic E-state index is 0.163. The van der Waals surface area contributed by atoms with E-state index in [0.29, 0.717) is 11.8 Å². The molecule has 0 aliphatic carbocycles. The van der Waals surface area contributed by atoms with Gasteiger partial charge in [-0.05, 0) is 6.92 Å². The van der Waals surface area contributed by atoms with E-state index in [4.69, 9.17) is 0 Å². The predicted molar refractivity (Wildman–Crippen MR) is 44.6 cm³/mol. The maximum Gasteiger partial charge on any atom is 0.248 e. The monoisotopic (exact) mass is 166 g/mol. The molecule has 0 aliphatic heterocycles. The summed E-state index contributed by atoms with van der Waals surface area (Å²) in [7, 11) is 0. The SMILES string of the molecule is C=CCC(=O)Nc1n[nH]c(C)n1. The van der Waals surface area contributed by atoms with Crippen molar-refractivity contribution in [3.8, 4) is 0 Å². The van der Waals surface area contributed by atoms with Crippen molar-refractivity contribution in [2.45, 2.75) is 13.3 Å². The van der Waals surface area contributed by atoms with Crippen LogP contribution in [-0.2, 0) is 4.79 Å². The highest BCUT2D eigenvalue weighted by Gasteiger charge is 2.02. The number of aromatic nitrogens is 3. The van der Waals surface area contributed by atoms with Gasteiger partial charge in [-0.3, -0.25) is 15.2 Å². The summed E-state index contributed by atoms with van der Waals surface area (Å²) in [5.74, 6) is 0.812. The molecule has 0 atom stereocenters. The number of aryl methyl sites for hydroxylation is 1. The number of hydrogen-bond donors (Lipinski definition) is 2. The highest BCUT2D eigenvalue weighted by atomic mass is 16.1. The standard InChI is InChI=1S/C7H10N4O/c1-3-4-6(12)9-7-8-5(2)10-11-7/h3H,1,4H2,2H3,(H2,8,9,10,11,12). The van der Waals surface area contributed by atoms with E-state index in [2.05, 4.69) is 27.1 Å². The highest BCUT2D eigenvalue weighted by Crippen LogP contribution is 1.97. The first kappa shape index (κ1) is 8.45. The molecule has 12 heavy (non-hydrogen) atoms. The van der Waals surface area contributed by atoms with Crippen molar-refractivity contribution in [3.05, 3.63) is 18.5 Å². The fourth-order valence-electron chi connectivity index (χ4n) is 0.705. The third-order valence-corrected chi connectivity index (χ3v) is 1.18. The van der Waals surface area contributed by atoms with Crippen molar-refractivity contribution in [2.24, 2.45) is 0 Å². The minimum atomic E-state index is -0.163. The van der Waals surface area contributed by atoms with Crippen molar-refractivity contribution in [2.75, 3.05) is 5.32 Å². The van der Waals surface area contributed by atoms with Crippen LogP contribution in [0.5, 0.6) is 0 Å². The third kappa shape index (κ3) is 2.19. The van der Waals surface area contributed by atoms with Crippen LogP contribution in [0.1, 0.15) is 12.2 Å². The Morgan fingerprint density at radius 1 is 1.83 bits per heavy atom. The number of H-pyrrole nitrogens is 1. The molecule has 0 saturated heterocycles. The Balaban J connectivity index is 2.52. The zero-order chi connectivity index (χ0) is 8.97. The van der Waals surface area contributed by atoms with Crippen LogP contribution in [0.4, 0.5) is 5.95 Å². The van der Waals surface area contributed by atoms with Gasteiger partial charge in [0.1, 0.15) is 5.82 Å². The molecule has 1 aromatic heterocycles. The van der Waals surface area contributed by atoms with Gasteiger partial charge < -0.3 is 0 Å². The maximum absolute atomic E-state index is 10.9. The number of carbonyl (C=O) groups is 1. The van der Waals surface area contributed by atoms with Crippen LogP contribution in [0, 0.1) is 6.92 Å². The van der Waals surface area contributed by atoms with Gasteiger partial charge in [0.15, 0.2) is 0 Å². The second-order valence-corrected chi connectivity index (χ2v) is 2.29. The first-order chi connectivity index (χ1) is 5.72. The Morgan fingerprint density at radius 2 is 2.58 bits per heavy atom. The van der Waals surface area contributed by atoms with Gasteiger partial charge in [-0.1, -0.05) is 6.08 Å². The molecule has 5 heteroatoms. The summed E-state index contributed by atoms with van der Waals surface area (Å²) >= 11 is 0. The molecule has 2 N–H and O–H groups in total. The van der Waals surface area contributed by atoms with Crippen LogP contribution >= 0.6 is 0 Å². The summed E-state index contributed by atoms with van der Waals surface area (Å²) < 4.78 is 0. The number of aromatic amines is 1. The fourth-order valence-corrected chi connectivity index (χ4v) is 0.705. The van der Waals surface area contributed by atoms with Gasteiger partial charge in [-0.15, -0.1) is 11.7 Å². The summed E-state index contributed by atoms with van der Waals surface area (Å²) in [6.07, 6.45) is 1.79. The molecule has 64 valence electrons. The topological polar surface area (TPSA) is 70.7 Å². The van der Waals surface area contributed by atoms with Gasteiger partial charge in [0.05, 0.1) is 0 Å². The van der Waals surface area contributed by atoms with Gasteiger partial charge in [-0.2, -0.15) is 4.98 Å². The molecule has 0 unspecified atom stereocenters. The van der Waals surface area contributed by atoms with E-state index in [1.54, 1.807) is 6.92 Å². The van der Waals surface area contributed by atoms with E-state index in [1.165, 1.54) is 6.08 Å². The molecule has 0 bridgehead atoms. The van der Waals surface area contributed by atoms with Crippen LogP contribution in [0.15, 0.2) is 12.7 Å². The second-order valence-electron chi connectivity index (χ2n) is 2.29. The van der Waals surface area contributed by atoms with E-state index in [-0.39, 0.29) is 12.3 Å². The van der Waals surface area contributed by atoms with Crippen molar-refractivity contribution < 1.29 is 4.79 Å². The maximum atomic E-state index is 10.9. The molecule has 0 fully saturated rings. The van der Waals surface area contributed by atoms with Gasteiger partial charge in [0, 0.05) is 6.42 Å². The lowest BCUT2D eigenvalue weighted by Gasteiger charge is -1.94. The van der Waals surface area contributed by atoms with Crippen molar-refractivity contribution >= 4 is 11.9 Å². The Kier molecular flexibility index (Phi) is 2.57. The van der Waals surface area contributed by atoms with E-state index < -0.39 is 0 Å². The van der Waals surface area contributed by atoms with Gasteiger partial charge in [-0.25, -0.2) is 0 Å². The molecular weight excluding hydrogens is 156 g/mol. The van der Waals surface area contributed by atoms with Crippen molar-refractivity contribution in [1.82, 2.24) is 15.2 Å². The summed E-state index contributed by atoms with van der Waals surface area (Å²) in [6.45, 7) is 5.20. The van der Waals surface area contributed by atoms with E-state index >= 15 is 0 Å². The summed E-state index contributed by atoms with van der Waals surface area (Å²) in [6, 6.07) is 0. The van der Waals surface area contributed by atoms with E-state index in [0.717, 1.165) is 0 Å². The number of hydrogen-bond acceptors (Lipinski definition) is 3. The average molecular weight is 166 g/mol. The number of nitrogens with one attached hydrogen (secondary N) is 2. The first-order valence-corrected chi connectivity index (χ1v) is 3.52. The molecule has 1 rings (SSSR count). The quantitative estimate of drug-likeness (QED) is 0.647. The van der Waals surface area contributed by atoms with E-state index in [1.807, 2.05) is 0 Å². The average Bonchev–Trinajstić information content (AvgIpc) is 2.36. The molecule has 0 spiro atoms. The first-order valence-electron chi connectivity index (χ1n) is 3.52. The number of amides is 1. The lowest BCUT2D eigenvalue weighted by molar-refractivity contribution is -0.115. The molecule has 0 aliphatic rings. The Morgan fingerprint density at radius 3 is 3.08 bits per heavy atom. The fraction of sp³-hybridized carbons (Fsp3) is 0.286. The van der Waals surface area contributed by atoms with Crippen molar-refractivity contribution in [3.63, 3.8) is 0 Å². The largest absolute Gasteiger partial charge is 0.293 e. The molecule has 1 amide bonds. The zero-order valence-electron chi connectivity index (χ0n) is 6.79. The molecule has 5 nitrogen and oxygen atoms in total. The smallest absolute Gasteiger partial charge is 0.248 e. The van der Waals surface area contributed by atoms with Crippen LogP contribution in [0.3, 0.4) is 0 Å². The molecule has 1 aromatic rings. The van der Waals surface area contributed by atoms with E-state index in [9.17, 15) is 4.79 Å². The summed E-state index contributed by atoms with van der Waals surface area (Å²) in [5.41, 5.74) is 0. The Labute approximate surface area is 69.9 Å². The zero-order valence-corrected chi connectivity index (χ0v) is 6.79. The number of rotatable bonds is 3. The highest BCUT2D eigenvalue weighted by molar-refractivity contribution is 5.89. The lowest BCUT2D eigenvalue weighted by Crippen LogP contribution is -2.10. The summed E-state index contributed by atoms with van der Waals surface area (Å²) in [5, 5.41) is 8.85. The normalized spacial score (nSPS) is 9.42. The molecule has 0 saturated carbocycles. The van der Waals surface area contributed by atoms with Gasteiger partial charge >= 0.3 is 0 Å². The van der Waals surface area contributed by atoms with Crippen LogP contribution in [0.25, 0.3) is 0 Å². The Hall–Kier alpha value is -1.65. The number of carbonyl (C=O) groups excluding carboxylic acids is 1.